The molecule has 2 N–H and O–H groups in total. The maximum Gasteiger partial charge on any atom is 0.248 e. The molecule has 1 unspecified atom stereocenters. The molecule has 0 saturated carbocycles. The van der Waals surface area contributed by atoms with E-state index in [2.05, 4.69) is 13.8 Å². The number of carbonyl (C=O) groups is 1. The molecule has 1 rings (SSSR count). The third-order valence-corrected chi connectivity index (χ3v) is 2.46. The molecular formula is C12H17NO. The lowest BCUT2D eigenvalue weighted by atomic mass is 9.95. The topological polar surface area (TPSA) is 43.1 Å². The number of rotatable bonds is 4. The largest absolute Gasteiger partial charge is 0.366 e. The van der Waals surface area contributed by atoms with Gasteiger partial charge in [-0.05, 0) is 30.0 Å². The highest BCUT2D eigenvalue weighted by atomic mass is 16.1. The molecule has 0 aliphatic carbocycles. The van der Waals surface area contributed by atoms with Crippen LogP contribution in [0, 0.1) is 0 Å². The molecule has 2 nitrogen and oxygen atoms in total. The molecule has 1 aromatic carbocycles. The van der Waals surface area contributed by atoms with Crippen LogP contribution < -0.4 is 5.73 Å². The number of hydrogen-bond acceptors (Lipinski definition) is 1. The number of primary amides is 1. The van der Waals surface area contributed by atoms with Crippen LogP contribution in [0.4, 0.5) is 0 Å². The number of nitrogens with two attached hydrogens (primary N) is 1. The van der Waals surface area contributed by atoms with Crippen LogP contribution in [0.3, 0.4) is 0 Å². The first kappa shape index (κ1) is 10.8. The minimum atomic E-state index is -0.351. The van der Waals surface area contributed by atoms with Crippen molar-refractivity contribution in [2.24, 2.45) is 5.73 Å². The third-order valence-electron chi connectivity index (χ3n) is 2.46. The predicted molar refractivity (Wildman–Crippen MR) is 58.3 cm³/mol. The summed E-state index contributed by atoms with van der Waals surface area (Å²) in [6, 6.07) is 7.58. The number of amides is 1. The minimum Gasteiger partial charge on any atom is -0.366 e. The molecule has 0 spiro atoms. The van der Waals surface area contributed by atoms with Crippen LogP contribution in [0.2, 0.25) is 0 Å². The normalized spacial score (nSPS) is 12.4. The zero-order valence-corrected chi connectivity index (χ0v) is 8.79. The summed E-state index contributed by atoms with van der Waals surface area (Å²) in [7, 11) is 0. The third kappa shape index (κ3) is 2.59. The molecule has 0 saturated heterocycles. The lowest BCUT2D eigenvalue weighted by Gasteiger charge is -2.10. The molecule has 0 bridgehead atoms. The van der Waals surface area contributed by atoms with Gasteiger partial charge in [0, 0.05) is 5.56 Å². The maximum absolute atomic E-state index is 11.0. The van der Waals surface area contributed by atoms with Gasteiger partial charge < -0.3 is 5.73 Å². The van der Waals surface area contributed by atoms with E-state index in [1.165, 1.54) is 5.56 Å². The van der Waals surface area contributed by atoms with Crippen LogP contribution in [-0.2, 0) is 0 Å². The average Bonchev–Trinajstić information content (AvgIpc) is 2.18. The Kier molecular flexibility index (Phi) is 3.69. The zero-order chi connectivity index (χ0) is 10.6. The van der Waals surface area contributed by atoms with Crippen LogP contribution in [0.5, 0.6) is 0 Å². The molecule has 1 amide bonds. The van der Waals surface area contributed by atoms with Crippen LogP contribution >= 0.6 is 0 Å². The van der Waals surface area contributed by atoms with E-state index < -0.39 is 0 Å². The Labute approximate surface area is 85.1 Å². The first-order valence-corrected chi connectivity index (χ1v) is 5.05. The lowest BCUT2D eigenvalue weighted by molar-refractivity contribution is 0.1000. The standard InChI is InChI=1S/C12H17NO/c1-3-5-9(2)10-6-4-7-11(8-10)12(13)14/h4,6-9H,3,5H2,1-2H3,(H2,13,14). The quantitative estimate of drug-likeness (QED) is 0.781. The molecule has 2 heteroatoms. The van der Waals surface area contributed by atoms with E-state index in [0.29, 0.717) is 11.5 Å². The van der Waals surface area contributed by atoms with Gasteiger partial charge >= 0.3 is 0 Å². The van der Waals surface area contributed by atoms with E-state index in [1.807, 2.05) is 18.2 Å². The summed E-state index contributed by atoms with van der Waals surface area (Å²) >= 11 is 0. The average molecular weight is 191 g/mol. The maximum atomic E-state index is 11.0. The van der Waals surface area contributed by atoms with Crippen molar-refractivity contribution in [1.29, 1.82) is 0 Å². The Morgan fingerprint density at radius 2 is 2.21 bits per heavy atom. The van der Waals surface area contributed by atoms with Crippen LogP contribution in [0.15, 0.2) is 24.3 Å². The van der Waals surface area contributed by atoms with E-state index in [9.17, 15) is 4.79 Å². The number of carbonyl (C=O) groups excluding carboxylic acids is 1. The smallest absolute Gasteiger partial charge is 0.248 e. The first-order valence-electron chi connectivity index (χ1n) is 5.05. The number of hydrogen-bond donors (Lipinski definition) is 1. The minimum absolute atomic E-state index is 0.351. The van der Waals surface area contributed by atoms with E-state index >= 15 is 0 Å². The molecule has 1 aromatic rings. The highest BCUT2D eigenvalue weighted by Gasteiger charge is 2.06. The van der Waals surface area contributed by atoms with Gasteiger partial charge in [0.2, 0.25) is 5.91 Å². The van der Waals surface area contributed by atoms with Crippen molar-refractivity contribution in [3.05, 3.63) is 35.4 Å². The Bertz CT molecular complexity index is 320. The highest BCUT2D eigenvalue weighted by molar-refractivity contribution is 5.92. The lowest BCUT2D eigenvalue weighted by Crippen LogP contribution is -2.11. The SMILES string of the molecule is CCCC(C)c1cccc(C(N)=O)c1. The highest BCUT2D eigenvalue weighted by Crippen LogP contribution is 2.20. The van der Waals surface area contributed by atoms with E-state index in [1.54, 1.807) is 6.07 Å². The zero-order valence-electron chi connectivity index (χ0n) is 8.79. The van der Waals surface area contributed by atoms with Crippen molar-refractivity contribution < 1.29 is 4.79 Å². The summed E-state index contributed by atoms with van der Waals surface area (Å²) in [5, 5.41) is 0. The molecule has 76 valence electrons. The second-order valence-electron chi connectivity index (χ2n) is 3.68. The molecule has 0 aliphatic heterocycles. The summed E-state index contributed by atoms with van der Waals surface area (Å²) in [4.78, 5) is 11.0. The first-order chi connectivity index (χ1) is 6.65. The van der Waals surface area contributed by atoms with Gasteiger partial charge in [0.1, 0.15) is 0 Å². The van der Waals surface area contributed by atoms with Gasteiger partial charge in [-0.15, -0.1) is 0 Å². The van der Waals surface area contributed by atoms with Crippen molar-refractivity contribution in [2.75, 3.05) is 0 Å². The molecule has 1 atom stereocenters. The van der Waals surface area contributed by atoms with Crippen molar-refractivity contribution in [3.63, 3.8) is 0 Å². The fourth-order valence-corrected chi connectivity index (χ4v) is 1.60. The molecule has 0 radical (unpaired) electrons. The van der Waals surface area contributed by atoms with Gasteiger partial charge in [-0.25, -0.2) is 0 Å². The van der Waals surface area contributed by atoms with E-state index in [-0.39, 0.29) is 5.91 Å². The Morgan fingerprint density at radius 1 is 1.50 bits per heavy atom. The van der Waals surface area contributed by atoms with Crippen LogP contribution in [0.1, 0.15) is 48.5 Å². The summed E-state index contributed by atoms with van der Waals surface area (Å²) in [5.41, 5.74) is 7.02. The fraction of sp³-hybridized carbons (Fsp3) is 0.417. The molecular weight excluding hydrogens is 174 g/mol. The monoisotopic (exact) mass is 191 g/mol. The number of benzene rings is 1. The van der Waals surface area contributed by atoms with Gasteiger partial charge in [-0.2, -0.15) is 0 Å². The molecule has 0 heterocycles. The van der Waals surface area contributed by atoms with Gasteiger partial charge in [0.05, 0.1) is 0 Å². The summed E-state index contributed by atoms with van der Waals surface area (Å²) < 4.78 is 0. The Hall–Kier alpha value is -1.31. The second kappa shape index (κ2) is 4.80. The second-order valence-corrected chi connectivity index (χ2v) is 3.68. The van der Waals surface area contributed by atoms with Gasteiger partial charge in [0.25, 0.3) is 0 Å². The fourth-order valence-electron chi connectivity index (χ4n) is 1.60. The predicted octanol–water partition coefficient (Wildman–Crippen LogP) is 2.69. The van der Waals surface area contributed by atoms with E-state index in [0.717, 1.165) is 12.8 Å². The Morgan fingerprint density at radius 3 is 2.79 bits per heavy atom. The van der Waals surface area contributed by atoms with E-state index in [4.69, 9.17) is 5.73 Å². The molecule has 0 aromatic heterocycles. The van der Waals surface area contributed by atoms with Crippen molar-refractivity contribution in [3.8, 4) is 0 Å². The van der Waals surface area contributed by atoms with Crippen molar-refractivity contribution in [1.82, 2.24) is 0 Å². The molecule has 0 aliphatic rings. The molecule has 14 heavy (non-hydrogen) atoms. The van der Waals surface area contributed by atoms with Crippen LogP contribution in [0.25, 0.3) is 0 Å². The molecule has 0 fully saturated rings. The van der Waals surface area contributed by atoms with Crippen LogP contribution in [-0.4, -0.2) is 5.91 Å². The van der Waals surface area contributed by atoms with Crippen molar-refractivity contribution >= 4 is 5.91 Å². The summed E-state index contributed by atoms with van der Waals surface area (Å²) in [6.45, 7) is 4.33. The summed E-state index contributed by atoms with van der Waals surface area (Å²) in [5.74, 6) is 0.148. The van der Waals surface area contributed by atoms with Gasteiger partial charge in [0.15, 0.2) is 0 Å². The van der Waals surface area contributed by atoms with Crippen molar-refractivity contribution in [2.45, 2.75) is 32.6 Å². The van der Waals surface area contributed by atoms with Gasteiger partial charge in [-0.3, -0.25) is 4.79 Å². The summed E-state index contributed by atoms with van der Waals surface area (Å²) in [6.07, 6.45) is 2.30. The Balaban J connectivity index is 2.87. The van der Waals surface area contributed by atoms with Gasteiger partial charge in [-0.1, -0.05) is 32.4 Å².